The van der Waals surface area contributed by atoms with E-state index in [4.69, 9.17) is 21.3 Å². The van der Waals surface area contributed by atoms with Gasteiger partial charge in [0.05, 0.1) is 21.9 Å². The number of halogens is 2. The molecule has 0 aliphatic rings. The van der Waals surface area contributed by atoms with Crippen LogP contribution in [0, 0.1) is 0 Å². The quantitative estimate of drug-likeness (QED) is 0.188. The van der Waals surface area contributed by atoms with Crippen molar-refractivity contribution < 1.29 is 9.53 Å². The van der Waals surface area contributed by atoms with Crippen molar-refractivity contribution in [2.45, 2.75) is 6.42 Å². The van der Waals surface area contributed by atoms with Crippen molar-refractivity contribution in [1.29, 1.82) is 0 Å². The molecule has 0 saturated heterocycles. The highest BCUT2D eigenvalue weighted by Crippen LogP contribution is 2.30. The second-order valence-corrected chi connectivity index (χ2v) is 9.44. The van der Waals surface area contributed by atoms with Crippen LogP contribution in [0.3, 0.4) is 0 Å². The molecule has 7 nitrogen and oxygen atoms in total. The number of benzene rings is 3. The minimum Gasteiger partial charge on any atom is -0.457 e. The number of rotatable bonds is 9. The molecule has 0 fully saturated rings. The molecule has 0 saturated carbocycles. The molecule has 0 radical (unpaired) electrons. The molecular weight excluding hydrogens is 554 g/mol. The molecule has 186 valence electrons. The van der Waals surface area contributed by atoms with Crippen LogP contribution >= 0.6 is 27.5 Å². The van der Waals surface area contributed by atoms with E-state index in [1.54, 1.807) is 22.8 Å². The number of hydrogen-bond donors (Lipinski definition) is 2. The Morgan fingerprint density at radius 1 is 0.973 bits per heavy atom. The largest absolute Gasteiger partial charge is 0.457 e. The third-order valence-electron chi connectivity index (χ3n) is 5.63. The van der Waals surface area contributed by atoms with E-state index in [1.807, 2.05) is 72.8 Å². The van der Waals surface area contributed by atoms with E-state index < -0.39 is 0 Å². The van der Waals surface area contributed by atoms with Gasteiger partial charge in [0.25, 0.3) is 5.91 Å². The molecule has 0 spiro atoms. The van der Waals surface area contributed by atoms with Crippen LogP contribution in [0.25, 0.3) is 16.9 Å². The Morgan fingerprint density at radius 2 is 1.73 bits per heavy atom. The number of ether oxygens (including phenoxy) is 1. The number of carbonyl (C=O) groups is 1. The molecule has 0 aliphatic heterocycles. The highest BCUT2D eigenvalue weighted by atomic mass is 79.9. The highest BCUT2D eigenvalue weighted by Gasteiger charge is 2.14. The summed E-state index contributed by atoms with van der Waals surface area (Å²) in [6, 6.07) is 26.1. The smallest absolute Gasteiger partial charge is 0.255 e. The van der Waals surface area contributed by atoms with Gasteiger partial charge in [0.2, 0.25) is 0 Å². The summed E-state index contributed by atoms with van der Waals surface area (Å²) in [5.74, 6) is 1.78. The number of aromatic nitrogens is 3. The number of amides is 1. The van der Waals surface area contributed by atoms with Crippen LogP contribution in [0.2, 0.25) is 5.02 Å². The van der Waals surface area contributed by atoms with Gasteiger partial charge in [0.1, 0.15) is 17.3 Å². The van der Waals surface area contributed by atoms with E-state index in [2.05, 4.69) is 31.7 Å². The van der Waals surface area contributed by atoms with Crippen LogP contribution in [-0.4, -0.2) is 33.6 Å². The first-order valence-electron chi connectivity index (χ1n) is 11.7. The molecule has 5 rings (SSSR count). The van der Waals surface area contributed by atoms with Crippen molar-refractivity contribution >= 4 is 44.9 Å². The molecule has 2 aromatic heterocycles. The van der Waals surface area contributed by atoms with Crippen LogP contribution in [-0.2, 0) is 0 Å². The number of hydrogen-bond acceptors (Lipinski definition) is 5. The van der Waals surface area contributed by atoms with E-state index in [9.17, 15) is 4.79 Å². The third-order valence-corrected chi connectivity index (χ3v) is 6.52. The zero-order chi connectivity index (χ0) is 25.6. The first-order chi connectivity index (χ1) is 18.1. The zero-order valence-corrected chi connectivity index (χ0v) is 22.0. The Hall–Kier alpha value is -3.88. The fraction of sp³-hybridized carbons (Fsp3) is 0.107. The van der Waals surface area contributed by atoms with Crippen LogP contribution in [0.1, 0.15) is 16.8 Å². The lowest BCUT2D eigenvalue weighted by Crippen LogP contribution is -2.26. The lowest BCUT2D eigenvalue weighted by atomic mass is 10.1. The normalized spacial score (nSPS) is 10.9. The second-order valence-electron chi connectivity index (χ2n) is 8.18. The molecule has 37 heavy (non-hydrogen) atoms. The number of anilines is 1. The highest BCUT2D eigenvalue weighted by molar-refractivity contribution is 9.10. The number of para-hydroxylation sites is 2. The molecular formula is C28H23BrClN5O2. The Morgan fingerprint density at radius 3 is 2.57 bits per heavy atom. The van der Waals surface area contributed by atoms with E-state index >= 15 is 0 Å². The Bertz CT molecular complexity index is 1540. The molecule has 2 heterocycles. The second kappa shape index (κ2) is 11.5. The van der Waals surface area contributed by atoms with Crippen molar-refractivity contribution in [3.05, 3.63) is 106 Å². The van der Waals surface area contributed by atoms with Crippen molar-refractivity contribution in [1.82, 2.24) is 19.9 Å². The minimum atomic E-state index is -0.185. The van der Waals surface area contributed by atoms with Crippen LogP contribution in [0.5, 0.6) is 11.5 Å². The summed E-state index contributed by atoms with van der Waals surface area (Å²) in [4.78, 5) is 17.6. The molecule has 9 heteroatoms. The van der Waals surface area contributed by atoms with Crippen LogP contribution < -0.4 is 15.4 Å². The number of fused-ring (bicyclic) bond motifs is 1. The fourth-order valence-corrected chi connectivity index (χ4v) is 4.41. The van der Waals surface area contributed by atoms with E-state index in [1.165, 1.54) is 0 Å². The Balaban J connectivity index is 1.22. The van der Waals surface area contributed by atoms with Gasteiger partial charge in [-0.2, -0.15) is 9.61 Å². The summed E-state index contributed by atoms with van der Waals surface area (Å²) in [5, 5.41) is 11.4. The summed E-state index contributed by atoms with van der Waals surface area (Å²) >= 11 is 9.93. The number of nitrogens with one attached hydrogen (secondary N) is 2. The van der Waals surface area contributed by atoms with E-state index in [0.29, 0.717) is 47.2 Å². The summed E-state index contributed by atoms with van der Waals surface area (Å²) < 4.78 is 8.43. The monoisotopic (exact) mass is 575 g/mol. The van der Waals surface area contributed by atoms with E-state index in [-0.39, 0.29) is 5.91 Å². The molecule has 3 aromatic carbocycles. The first kappa shape index (κ1) is 24.8. The summed E-state index contributed by atoms with van der Waals surface area (Å²) in [6.45, 7) is 1.10. The Kier molecular flexibility index (Phi) is 7.67. The molecule has 0 bridgehead atoms. The topological polar surface area (TPSA) is 80.5 Å². The first-order valence-corrected chi connectivity index (χ1v) is 12.9. The Labute approximate surface area is 227 Å². The van der Waals surface area contributed by atoms with Gasteiger partial charge >= 0.3 is 0 Å². The molecule has 1 amide bonds. The maximum absolute atomic E-state index is 12.8. The lowest BCUT2D eigenvalue weighted by molar-refractivity contribution is 0.0951. The van der Waals surface area contributed by atoms with Crippen LogP contribution in [0.15, 0.2) is 95.6 Å². The van der Waals surface area contributed by atoms with Crippen LogP contribution in [0.4, 0.5) is 5.82 Å². The van der Waals surface area contributed by atoms with Gasteiger partial charge in [-0.3, -0.25) is 4.79 Å². The van der Waals surface area contributed by atoms with Gasteiger partial charge in [-0.05, 0) is 52.7 Å². The molecule has 0 aliphatic carbocycles. The standard InChI is InChI=1S/C28H23BrClN5O2/c29-22-18-33-35-26(17-24(34-27(22)35)20-11-4-6-13-23(20)30)31-15-8-16-32-28(36)21-12-5-7-14-25(21)37-19-9-2-1-3-10-19/h1-7,9-14,17-18,31H,8,15-16H2,(H,32,36). The van der Waals surface area contributed by atoms with Gasteiger partial charge in [-0.25, -0.2) is 4.98 Å². The average Bonchev–Trinajstić information content (AvgIpc) is 3.30. The predicted molar refractivity (Wildman–Crippen MR) is 150 cm³/mol. The lowest BCUT2D eigenvalue weighted by Gasteiger charge is -2.13. The van der Waals surface area contributed by atoms with Crippen molar-refractivity contribution in [3.63, 3.8) is 0 Å². The van der Waals surface area contributed by atoms with Crippen molar-refractivity contribution in [2.24, 2.45) is 0 Å². The van der Waals surface area contributed by atoms with Gasteiger partial charge in [-0.1, -0.05) is 60.1 Å². The summed E-state index contributed by atoms with van der Waals surface area (Å²) in [5.41, 5.74) is 2.75. The van der Waals surface area contributed by atoms with Gasteiger partial charge in [0.15, 0.2) is 5.65 Å². The average molecular weight is 577 g/mol. The summed E-state index contributed by atoms with van der Waals surface area (Å²) in [6.07, 6.45) is 2.40. The number of carbonyl (C=O) groups excluding carboxylic acids is 1. The molecule has 5 aromatic rings. The third kappa shape index (κ3) is 5.76. The summed E-state index contributed by atoms with van der Waals surface area (Å²) in [7, 11) is 0. The van der Waals surface area contributed by atoms with Gasteiger partial charge < -0.3 is 15.4 Å². The van der Waals surface area contributed by atoms with Gasteiger partial charge in [-0.15, -0.1) is 0 Å². The molecule has 2 N–H and O–H groups in total. The van der Waals surface area contributed by atoms with E-state index in [0.717, 1.165) is 21.5 Å². The van der Waals surface area contributed by atoms with Crippen molar-refractivity contribution in [3.8, 4) is 22.8 Å². The maximum atomic E-state index is 12.8. The predicted octanol–water partition coefficient (Wildman–Crippen LogP) is 6.84. The maximum Gasteiger partial charge on any atom is 0.255 e. The van der Waals surface area contributed by atoms with Crippen molar-refractivity contribution in [2.75, 3.05) is 18.4 Å². The number of nitrogens with zero attached hydrogens (tertiary/aromatic N) is 3. The van der Waals surface area contributed by atoms with Gasteiger partial charge in [0, 0.05) is 29.7 Å². The molecule has 0 atom stereocenters. The minimum absolute atomic E-state index is 0.185. The zero-order valence-electron chi connectivity index (χ0n) is 19.7. The fourth-order valence-electron chi connectivity index (χ4n) is 3.83. The SMILES string of the molecule is O=C(NCCCNc1cc(-c2ccccc2Cl)nc2c(Br)cnn12)c1ccccc1Oc1ccccc1. The molecule has 0 unspecified atom stereocenters.